The fraction of sp³-hybridized carbons (Fsp3) is 0.625. The van der Waals surface area contributed by atoms with Crippen molar-refractivity contribution < 1.29 is 0 Å². The van der Waals surface area contributed by atoms with E-state index in [0.717, 1.165) is 11.4 Å². The molecule has 0 amide bonds. The molecule has 0 atom stereocenters. The van der Waals surface area contributed by atoms with Gasteiger partial charge in [-0.2, -0.15) is 0 Å². The lowest BCUT2D eigenvalue weighted by molar-refractivity contribution is 0.567. The van der Waals surface area contributed by atoms with E-state index in [9.17, 15) is 4.79 Å². The van der Waals surface area contributed by atoms with Gasteiger partial charge in [-0.3, -0.25) is 14.2 Å². The van der Waals surface area contributed by atoms with Gasteiger partial charge in [-0.1, -0.05) is 0 Å². The number of rotatable bonds is 1. The summed E-state index contributed by atoms with van der Waals surface area (Å²) in [4.78, 5) is 13.4. The molecule has 0 aromatic carbocycles. The minimum absolute atomic E-state index is 0.0556. The molecule has 1 rings (SSSR count). The highest BCUT2D eigenvalue weighted by Gasteiger charge is 2.12. The van der Waals surface area contributed by atoms with Crippen molar-refractivity contribution in [3.63, 3.8) is 0 Å². The molecule has 0 aliphatic rings. The molecule has 0 spiro atoms. The second-order valence-electron chi connectivity index (χ2n) is 3.18. The second-order valence-corrected chi connectivity index (χ2v) is 3.18. The topological polar surface area (TPSA) is 30.2 Å². The Balaban J connectivity index is 3.49. The van der Waals surface area contributed by atoms with Crippen molar-refractivity contribution in [3.05, 3.63) is 16.0 Å². The van der Waals surface area contributed by atoms with Crippen LogP contribution < -0.4 is 10.5 Å². The van der Waals surface area contributed by atoms with E-state index in [1.165, 1.54) is 0 Å². The number of nitrogens with zero attached hydrogens (tertiary/aromatic N) is 3. The number of hydrogen-bond donors (Lipinski definition) is 0. The Kier molecular flexibility index (Phi) is 2.00. The van der Waals surface area contributed by atoms with Crippen molar-refractivity contribution in [1.82, 2.24) is 9.36 Å². The average Bonchev–Trinajstić information content (AvgIpc) is 2.16. The Morgan fingerprint density at radius 2 is 1.67 bits per heavy atom. The van der Waals surface area contributed by atoms with Gasteiger partial charge in [0.25, 0.3) is 5.56 Å². The Labute approximate surface area is 72.0 Å². The van der Waals surface area contributed by atoms with Gasteiger partial charge in [0.15, 0.2) is 0 Å². The number of anilines is 1. The molecule has 0 saturated carbocycles. The maximum Gasteiger partial charge on any atom is 0.290 e. The third kappa shape index (κ3) is 1.03. The first-order chi connectivity index (χ1) is 5.46. The predicted molar refractivity (Wildman–Crippen MR) is 49.7 cm³/mol. The van der Waals surface area contributed by atoms with Crippen LogP contribution in [0.4, 0.5) is 5.69 Å². The maximum absolute atomic E-state index is 11.6. The Bertz CT molecular complexity index is 346. The second kappa shape index (κ2) is 2.69. The molecule has 1 aromatic rings. The van der Waals surface area contributed by atoms with E-state index in [1.54, 1.807) is 11.7 Å². The van der Waals surface area contributed by atoms with Crippen LogP contribution in [0.2, 0.25) is 0 Å². The summed E-state index contributed by atoms with van der Waals surface area (Å²) >= 11 is 0. The van der Waals surface area contributed by atoms with E-state index in [0.29, 0.717) is 0 Å². The van der Waals surface area contributed by atoms with Crippen LogP contribution in [0.15, 0.2) is 4.79 Å². The van der Waals surface area contributed by atoms with Gasteiger partial charge in [0, 0.05) is 28.2 Å². The van der Waals surface area contributed by atoms with Gasteiger partial charge in [-0.05, 0) is 6.92 Å². The minimum atomic E-state index is 0.0556. The summed E-state index contributed by atoms with van der Waals surface area (Å²) < 4.78 is 3.45. The molecule has 12 heavy (non-hydrogen) atoms. The summed E-state index contributed by atoms with van der Waals surface area (Å²) in [5, 5.41) is 0. The molecule has 0 saturated heterocycles. The molecule has 0 radical (unpaired) electrons. The Hall–Kier alpha value is -1.19. The molecule has 0 aliphatic heterocycles. The van der Waals surface area contributed by atoms with Gasteiger partial charge in [-0.15, -0.1) is 0 Å². The van der Waals surface area contributed by atoms with Crippen molar-refractivity contribution in [2.45, 2.75) is 6.92 Å². The lowest BCUT2D eigenvalue weighted by Crippen LogP contribution is -2.22. The van der Waals surface area contributed by atoms with Crippen LogP contribution >= 0.6 is 0 Å². The molecule has 1 heterocycles. The molecule has 0 N–H and O–H groups in total. The summed E-state index contributed by atoms with van der Waals surface area (Å²) in [6.45, 7) is 1.94. The normalized spacial score (nSPS) is 10.4. The van der Waals surface area contributed by atoms with Crippen molar-refractivity contribution in [2.24, 2.45) is 14.1 Å². The van der Waals surface area contributed by atoms with Crippen molar-refractivity contribution >= 4 is 5.69 Å². The van der Waals surface area contributed by atoms with Gasteiger partial charge in [-0.25, -0.2) is 0 Å². The van der Waals surface area contributed by atoms with Gasteiger partial charge in [0.1, 0.15) is 5.69 Å². The fourth-order valence-corrected chi connectivity index (χ4v) is 1.34. The first-order valence-electron chi connectivity index (χ1n) is 3.86. The van der Waals surface area contributed by atoms with Gasteiger partial charge >= 0.3 is 0 Å². The average molecular weight is 169 g/mol. The summed E-state index contributed by atoms with van der Waals surface area (Å²) in [7, 11) is 7.40. The van der Waals surface area contributed by atoms with E-state index in [-0.39, 0.29) is 5.56 Å². The predicted octanol–water partition coefficient (Wildman–Crippen LogP) is 0.0982. The van der Waals surface area contributed by atoms with Gasteiger partial charge < -0.3 is 4.90 Å². The van der Waals surface area contributed by atoms with Crippen LogP contribution in [0.1, 0.15) is 5.69 Å². The highest BCUT2D eigenvalue weighted by atomic mass is 16.1. The summed E-state index contributed by atoms with van der Waals surface area (Å²) in [6.07, 6.45) is 0. The molecule has 4 nitrogen and oxygen atoms in total. The highest BCUT2D eigenvalue weighted by Crippen LogP contribution is 2.10. The molecule has 68 valence electrons. The summed E-state index contributed by atoms with van der Waals surface area (Å²) in [5.74, 6) is 0. The number of aromatic nitrogens is 2. The monoisotopic (exact) mass is 169 g/mol. The van der Waals surface area contributed by atoms with Crippen LogP contribution in [0.3, 0.4) is 0 Å². The summed E-state index contributed by atoms with van der Waals surface area (Å²) in [5.41, 5.74) is 1.81. The molecule has 1 aromatic heterocycles. The van der Waals surface area contributed by atoms with Gasteiger partial charge in [0.2, 0.25) is 0 Å². The smallest absolute Gasteiger partial charge is 0.290 e. The molecular formula is C8H15N3O. The van der Waals surface area contributed by atoms with E-state index in [2.05, 4.69) is 0 Å². The van der Waals surface area contributed by atoms with E-state index < -0.39 is 0 Å². The summed E-state index contributed by atoms with van der Waals surface area (Å²) in [6, 6.07) is 0. The quantitative estimate of drug-likeness (QED) is 0.597. The van der Waals surface area contributed by atoms with Crippen molar-refractivity contribution in [2.75, 3.05) is 19.0 Å². The molecule has 0 bridgehead atoms. The highest BCUT2D eigenvalue weighted by molar-refractivity contribution is 5.47. The van der Waals surface area contributed by atoms with Crippen LogP contribution in [0, 0.1) is 6.92 Å². The molecular weight excluding hydrogens is 154 g/mol. The third-order valence-corrected chi connectivity index (χ3v) is 2.22. The third-order valence-electron chi connectivity index (χ3n) is 2.22. The molecule has 0 aliphatic carbocycles. The largest absolute Gasteiger partial charge is 0.372 e. The molecule has 0 fully saturated rings. The maximum atomic E-state index is 11.6. The molecule has 4 heteroatoms. The SMILES string of the molecule is Cc1c(N(C)C)c(=O)n(C)n1C. The number of hydrogen-bond acceptors (Lipinski definition) is 2. The fourth-order valence-electron chi connectivity index (χ4n) is 1.34. The first kappa shape index (κ1) is 8.90. The standard InChI is InChI=1S/C8H15N3O/c1-6-7(9(2)3)8(12)11(5)10(6)4/h1-5H3. The van der Waals surface area contributed by atoms with Gasteiger partial charge in [0.05, 0.1) is 5.69 Å². The van der Waals surface area contributed by atoms with Crippen LogP contribution in [0.5, 0.6) is 0 Å². The van der Waals surface area contributed by atoms with Crippen molar-refractivity contribution in [3.8, 4) is 0 Å². The van der Waals surface area contributed by atoms with E-state index in [1.807, 2.05) is 37.6 Å². The minimum Gasteiger partial charge on any atom is -0.372 e. The zero-order chi connectivity index (χ0) is 9.46. The van der Waals surface area contributed by atoms with Crippen LogP contribution in [-0.2, 0) is 14.1 Å². The first-order valence-corrected chi connectivity index (χ1v) is 3.86. The van der Waals surface area contributed by atoms with E-state index >= 15 is 0 Å². The van der Waals surface area contributed by atoms with Crippen LogP contribution in [-0.4, -0.2) is 23.5 Å². The van der Waals surface area contributed by atoms with Crippen LogP contribution in [0.25, 0.3) is 0 Å². The lowest BCUT2D eigenvalue weighted by Gasteiger charge is -2.09. The van der Waals surface area contributed by atoms with Crippen molar-refractivity contribution in [1.29, 1.82) is 0 Å². The Morgan fingerprint density at radius 3 is 1.83 bits per heavy atom. The van der Waals surface area contributed by atoms with E-state index in [4.69, 9.17) is 0 Å². The lowest BCUT2D eigenvalue weighted by atomic mass is 10.4. The zero-order valence-electron chi connectivity index (χ0n) is 8.25. The molecule has 0 unspecified atom stereocenters. The zero-order valence-corrected chi connectivity index (χ0v) is 8.25. The Morgan fingerprint density at radius 1 is 1.17 bits per heavy atom.